The van der Waals surface area contributed by atoms with Gasteiger partial charge in [-0.05, 0) is 48.9 Å². The van der Waals surface area contributed by atoms with E-state index >= 15 is 0 Å². The summed E-state index contributed by atoms with van der Waals surface area (Å²) in [5.41, 5.74) is 6.38. The van der Waals surface area contributed by atoms with Crippen molar-refractivity contribution in [3.8, 4) is 0 Å². The van der Waals surface area contributed by atoms with Crippen molar-refractivity contribution in [3.05, 3.63) is 70.3 Å². The maximum atomic E-state index is 11.0. The first-order valence-electron chi connectivity index (χ1n) is 9.56. The first kappa shape index (κ1) is 20.2. The number of hydrogen-bond donors (Lipinski definition) is 1. The molecule has 0 radical (unpaired) electrons. The van der Waals surface area contributed by atoms with Gasteiger partial charge in [0.15, 0.2) is 0 Å². The summed E-state index contributed by atoms with van der Waals surface area (Å²) in [6.45, 7) is 8.53. The number of unbranched alkanes of at least 4 members (excludes halogenated alkanes) is 1. The average Bonchev–Trinajstić information content (AvgIpc) is 2.62. The van der Waals surface area contributed by atoms with Gasteiger partial charge in [0, 0.05) is 19.6 Å². The molecule has 0 aliphatic carbocycles. The number of aryl methyl sites for hydroxylation is 3. The molecule has 2 rings (SSSR count). The number of hydrogen-bond acceptors (Lipinski definition) is 2. The third-order valence-corrected chi connectivity index (χ3v) is 4.79. The molecule has 0 unspecified atom stereocenters. The van der Waals surface area contributed by atoms with Gasteiger partial charge in [0.05, 0.1) is 6.42 Å². The number of aliphatic carboxylic acids is 1. The minimum absolute atomic E-state index is 0.166. The molecule has 0 aliphatic heterocycles. The van der Waals surface area contributed by atoms with Gasteiger partial charge < -0.3 is 5.11 Å². The van der Waals surface area contributed by atoms with Gasteiger partial charge in [0.25, 0.3) is 0 Å². The quantitative estimate of drug-likeness (QED) is 0.644. The van der Waals surface area contributed by atoms with Crippen LogP contribution in [0.4, 0.5) is 0 Å². The van der Waals surface area contributed by atoms with Crippen molar-refractivity contribution in [1.82, 2.24) is 4.90 Å². The molecule has 0 heterocycles. The maximum Gasteiger partial charge on any atom is 0.304 e. The van der Waals surface area contributed by atoms with Crippen LogP contribution in [-0.2, 0) is 24.3 Å². The summed E-state index contributed by atoms with van der Waals surface area (Å²) in [5.74, 6) is -0.745. The lowest BCUT2D eigenvalue weighted by molar-refractivity contribution is -0.137. The van der Waals surface area contributed by atoms with Crippen molar-refractivity contribution in [3.63, 3.8) is 0 Å². The lowest BCUT2D eigenvalue weighted by Gasteiger charge is -2.23. The van der Waals surface area contributed by atoms with E-state index in [0.717, 1.165) is 19.5 Å². The second kappa shape index (κ2) is 10.1. The van der Waals surface area contributed by atoms with E-state index in [-0.39, 0.29) is 6.42 Å². The van der Waals surface area contributed by atoms with Crippen molar-refractivity contribution in [1.29, 1.82) is 0 Å². The number of carbonyl (C=O) groups is 1. The zero-order valence-corrected chi connectivity index (χ0v) is 16.3. The molecular formula is C23H31NO2. The van der Waals surface area contributed by atoms with E-state index in [1.165, 1.54) is 40.7 Å². The number of carboxylic acids is 1. The van der Waals surface area contributed by atoms with Gasteiger partial charge in [-0.15, -0.1) is 0 Å². The fourth-order valence-electron chi connectivity index (χ4n) is 3.13. The number of benzene rings is 2. The Morgan fingerprint density at radius 1 is 1.00 bits per heavy atom. The van der Waals surface area contributed by atoms with Crippen LogP contribution in [0.1, 0.15) is 54.0 Å². The van der Waals surface area contributed by atoms with Gasteiger partial charge in [-0.2, -0.15) is 0 Å². The van der Waals surface area contributed by atoms with E-state index in [1.54, 1.807) is 0 Å². The molecule has 0 saturated heterocycles. The lowest BCUT2D eigenvalue weighted by atomic mass is 10.0. The molecule has 0 aromatic heterocycles. The third-order valence-electron chi connectivity index (χ3n) is 4.79. The highest BCUT2D eigenvalue weighted by Crippen LogP contribution is 2.17. The van der Waals surface area contributed by atoms with Crippen molar-refractivity contribution >= 4 is 5.97 Å². The normalized spacial score (nSPS) is 11.1. The lowest BCUT2D eigenvalue weighted by Crippen LogP contribution is -2.26. The second-order valence-electron chi connectivity index (χ2n) is 7.20. The topological polar surface area (TPSA) is 40.5 Å². The van der Waals surface area contributed by atoms with Crippen molar-refractivity contribution in [2.45, 2.75) is 59.5 Å². The predicted molar refractivity (Wildman–Crippen MR) is 107 cm³/mol. The minimum atomic E-state index is -0.745. The van der Waals surface area contributed by atoms with Gasteiger partial charge in [-0.25, -0.2) is 0 Å². The molecule has 0 bridgehead atoms. The molecule has 2 aromatic rings. The van der Waals surface area contributed by atoms with Crippen LogP contribution in [0.25, 0.3) is 0 Å². The van der Waals surface area contributed by atoms with Gasteiger partial charge in [-0.1, -0.05) is 61.4 Å². The predicted octanol–water partition coefficient (Wildman–Crippen LogP) is 5.12. The van der Waals surface area contributed by atoms with E-state index in [1.807, 2.05) is 0 Å². The molecule has 3 nitrogen and oxygen atoms in total. The maximum absolute atomic E-state index is 11.0. The van der Waals surface area contributed by atoms with Crippen molar-refractivity contribution in [2.75, 3.05) is 6.54 Å². The summed E-state index contributed by atoms with van der Waals surface area (Å²) in [7, 11) is 0. The monoisotopic (exact) mass is 353 g/mol. The third kappa shape index (κ3) is 6.64. The molecule has 0 fully saturated rings. The largest absolute Gasteiger partial charge is 0.481 e. The van der Waals surface area contributed by atoms with Crippen LogP contribution in [0.15, 0.2) is 42.5 Å². The van der Waals surface area contributed by atoms with Crippen LogP contribution >= 0.6 is 0 Å². The van der Waals surface area contributed by atoms with Crippen LogP contribution in [0.3, 0.4) is 0 Å². The first-order valence-corrected chi connectivity index (χ1v) is 9.56. The van der Waals surface area contributed by atoms with Crippen LogP contribution in [-0.4, -0.2) is 22.5 Å². The molecule has 26 heavy (non-hydrogen) atoms. The van der Waals surface area contributed by atoms with Gasteiger partial charge >= 0.3 is 5.97 Å². The fraction of sp³-hybridized carbons (Fsp3) is 0.435. The standard InChI is InChI=1S/C23H31NO2/c1-4-5-6-20-9-11-21(12-10-20)16-24(14-13-23(25)26)17-22-15-18(2)7-8-19(22)3/h7-12,15H,4-6,13-14,16-17H2,1-3H3,(H,25,26). The van der Waals surface area contributed by atoms with E-state index in [4.69, 9.17) is 5.11 Å². The summed E-state index contributed by atoms with van der Waals surface area (Å²) in [5, 5.41) is 9.09. The van der Waals surface area contributed by atoms with Crippen LogP contribution in [0, 0.1) is 13.8 Å². The Morgan fingerprint density at radius 2 is 1.69 bits per heavy atom. The molecule has 0 spiro atoms. The summed E-state index contributed by atoms with van der Waals surface area (Å²) in [4.78, 5) is 13.3. The molecule has 2 aromatic carbocycles. The van der Waals surface area contributed by atoms with Gasteiger partial charge in [0.1, 0.15) is 0 Å². The number of carboxylic acid groups (broad SMARTS) is 1. The van der Waals surface area contributed by atoms with Crippen molar-refractivity contribution < 1.29 is 9.90 Å². The van der Waals surface area contributed by atoms with E-state index in [9.17, 15) is 4.79 Å². The number of nitrogens with zero attached hydrogens (tertiary/aromatic N) is 1. The average molecular weight is 354 g/mol. The molecule has 0 amide bonds. The van der Waals surface area contributed by atoms with Crippen LogP contribution in [0.2, 0.25) is 0 Å². The van der Waals surface area contributed by atoms with Gasteiger partial charge in [0.2, 0.25) is 0 Å². The highest BCUT2D eigenvalue weighted by Gasteiger charge is 2.11. The zero-order valence-electron chi connectivity index (χ0n) is 16.3. The smallest absolute Gasteiger partial charge is 0.304 e. The van der Waals surface area contributed by atoms with E-state index in [2.05, 4.69) is 68.1 Å². The van der Waals surface area contributed by atoms with E-state index in [0.29, 0.717) is 6.54 Å². The minimum Gasteiger partial charge on any atom is -0.481 e. The molecule has 0 aliphatic rings. The molecule has 1 N–H and O–H groups in total. The zero-order chi connectivity index (χ0) is 18.9. The Balaban J connectivity index is 2.08. The Bertz CT molecular complexity index is 707. The second-order valence-corrected chi connectivity index (χ2v) is 7.20. The highest BCUT2D eigenvalue weighted by molar-refractivity contribution is 5.66. The van der Waals surface area contributed by atoms with Crippen LogP contribution < -0.4 is 0 Å². The highest BCUT2D eigenvalue weighted by atomic mass is 16.4. The molecule has 140 valence electrons. The Labute approximate surface area is 157 Å². The van der Waals surface area contributed by atoms with Crippen LogP contribution in [0.5, 0.6) is 0 Å². The summed E-state index contributed by atoms with van der Waals surface area (Å²) in [6, 6.07) is 15.2. The first-order chi connectivity index (χ1) is 12.5. The number of rotatable bonds is 10. The molecule has 0 saturated carbocycles. The van der Waals surface area contributed by atoms with Crippen molar-refractivity contribution in [2.24, 2.45) is 0 Å². The SMILES string of the molecule is CCCCc1ccc(CN(CCC(=O)O)Cc2cc(C)ccc2C)cc1. The van der Waals surface area contributed by atoms with Gasteiger partial charge in [-0.3, -0.25) is 9.69 Å². The Kier molecular flexibility index (Phi) is 7.86. The Morgan fingerprint density at radius 3 is 2.35 bits per heavy atom. The summed E-state index contributed by atoms with van der Waals surface area (Å²) in [6.07, 6.45) is 3.72. The molecular weight excluding hydrogens is 322 g/mol. The molecule has 0 atom stereocenters. The molecule has 3 heteroatoms. The fourth-order valence-corrected chi connectivity index (χ4v) is 3.13. The summed E-state index contributed by atoms with van der Waals surface area (Å²) >= 11 is 0. The van der Waals surface area contributed by atoms with E-state index < -0.39 is 5.97 Å². The summed E-state index contributed by atoms with van der Waals surface area (Å²) < 4.78 is 0. The Hall–Kier alpha value is -2.13.